The second kappa shape index (κ2) is 6.80. The smallest absolute Gasteiger partial charge is 0.0533 e. The largest absolute Gasteiger partial charge is 0.326 e. The second-order valence-corrected chi connectivity index (χ2v) is 7.42. The minimum absolute atomic E-state index is 0.228. The van der Waals surface area contributed by atoms with Gasteiger partial charge < -0.3 is 5.73 Å². The Labute approximate surface area is 121 Å². The summed E-state index contributed by atoms with van der Waals surface area (Å²) in [5, 5.41) is 5.48. The van der Waals surface area contributed by atoms with Gasteiger partial charge in [-0.3, -0.25) is 4.68 Å². The fourth-order valence-electron chi connectivity index (χ4n) is 2.94. The number of aromatic nitrogens is 2. The maximum Gasteiger partial charge on any atom is 0.0533 e. The van der Waals surface area contributed by atoms with Crippen LogP contribution < -0.4 is 5.73 Å². The predicted molar refractivity (Wildman–Crippen MR) is 83.2 cm³/mol. The molecule has 4 heteroatoms. The number of rotatable bonds is 5. The van der Waals surface area contributed by atoms with Gasteiger partial charge in [-0.1, -0.05) is 26.7 Å². The Kier molecular flexibility index (Phi) is 5.34. The van der Waals surface area contributed by atoms with E-state index in [0.717, 1.165) is 17.6 Å². The topological polar surface area (TPSA) is 43.8 Å². The Balaban J connectivity index is 2.05. The highest BCUT2D eigenvalue weighted by atomic mass is 32.2. The lowest BCUT2D eigenvalue weighted by molar-refractivity contribution is 0.393. The van der Waals surface area contributed by atoms with Gasteiger partial charge in [-0.15, -0.1) is 11.8 Å². The Bertz CT molecular complexity index is 390. The molecule has 0 saturated heterocycles. The molecule has 2 rings (SSSR count). The Morgan fingerprint density at radius 3 is 2.89 bits per heavy atom. The molecule has 3 nitrogen and oxygen atoms in total. The third kappa shape index (κ3) is 3.99. The zero-order valence-corrected chi connectivity index (χ0v) is 13.2. The van der Waals surface area contributed by atoms with E-state index in [9.17, 15) is 0 Å². The molecule has 1 saturated carbocycles. The van der Waals surface area contributed by atoms with Crippen LogP contribution in [0, 0.1) is 5.92 Å². The lowest BCUT2D eigenvalue weighted by Gasteiger charge is -2.31. The third-order valence-electron chi connectivity index (χ3n) is 4.14. The first-order chi connectivity index (χ1) is 9.10. The molecule has 1 aliphatic carbocycles. The van der Waals surface area contributed by atoms with Crippen LogP contribution in [0.5, 0.6) is 0 Å². The molecule has 108 valence electrons. The Hall–Kier alpha value is -0.480. The minimum Gasteiger partial charge on any atom is -0.326 e. The van der Waals surface area contributed by atoms with Gasteiger partial charge in [-0.2, -0.15) is 5.10 Å². The van der Waals surface area contributed by atoms with Crippen LogP contribution in [0.4, 0.5) is 0 Å². The predicted octanol–water partition coefficient (Wildman–Crippen LogP) is 3.51. The van der Waals surface area contributed by atoms with E-state index in [0.29, 0.717) is 5.25 Å². The third-order valence-corrected chi connectivity index (χ3v) is 5.87. The van der Waals surface area contributed by atoms with Crippen LogP contribution in [0.3, 0.4) is 0 Å². The molecule has 0 aliphatic heterocycles. The van der Waals surface area contributed by atoms with Gasteiger partial charge in [0.25, 0.3) is 0 Å². The van der Waals surface area contributed by atoms with Crippen LogP contribution in [0.1, 0.15) is 56.8 Å². The van der Waals surface area contributed by atoms with Crippen molar-refractivity contribution in [1.29, 1.82) is 0 Å². The summed E-state index contributed by atoms with van der Waals surface area (Å²) < 4.78 is 1.88. The van der Waals surface area contributed by atoms with Crippen molar-refractivity contribution in [3.63, 3.8) is 0 Å². The first-order valence-electron chi connectivity index (χ1n) is 7.49. The van der Waals surface area contributed by atoms with Crippen LogP contribution in [0.2, 0.25) is 0 Å². The Morgan fingerprint density at radius 2 is 2.32 bits per heavy atom. The molecular formula is C15H27N3S. The molecule has 1 aromatic rings. The van der Waals surface area contributed by atoms with Gasteiger partial charge in [0, 0.05) is 35.3 Å². The van der Waals surface area contributed by atoms with Crippen LogP contribution in [-0.2, 0) is 7.05 Å². The summed E-state index contributed by atoms with van der Waals surface area (Å²) in [5.41, 5.74) is 7.64. The maximum absolute atomic E-state index is 6.35. The monoisotopic (exact) mass is 281 g/mol. The highest BCUT2D eigenvalue weighted by Crippen LogP contribution is 2.41. The molecule has 1 aliphatic rings. The van der Waals surface area contributed by atoms with E-state index in [4.69, 9.17) is 5.73 Å². The van der Waals surface area contributed by atoms with Gasteiger partial charge in [-0.25, -0.2) is 0 Å². The van der Waals surface area contributed by atoms with Crippen molar-refractivity contribution < 1.29 is 0 Å². The summed E-state index contributed by atoms with van der Waals surface area (Å²) >= 11 is 2.09. The van der Waals surface area contributed by atoms with Crippen molar-refractivity contribution >= 4 is 11.8 Å². The first kappa shape index (κ1) is 14.9. The average molecular weight is 281 g/mol. The van der Waals surface area contributed by atoms with E-state index < -0.39 is 0 Å². The number of aryl methyl sites for hydroxylation is 1. The highest BCUT2D eigenvalue weighted by Gasteiger charge is 2.27. The molecule has 0 bridgehead atoms. The van der Waals surface area contributed by atoms with Crippen molar-refractivity contribution in [2.75, 3.05) is 0 Å². The molecule has 0 spiro atoms. The minimum atomic E-state index is 0.228. The molecule has 19 heavy (non-hydrogen) atoms. The highest BCUT2D eigenvalue weighted by molar-refractivity contribution is 8.00. The van der Waals surface area contributed by atoms with Crippen molar-refractivity contribution in [2.45, 2.75) is 62.5 Å². The summed E-state index contributed by atoms with van der Waals surface area (Å²) in [6.45, 7) is 4.56. The molecule has 0 amide bonds. The van der Waals surface area contributed by atoms with Gasteiger partial charge >= 0.3 is 0 Å². The van der Waals surface area contributed by atoms with Crippen molar-refractivity contribution in [2.24, 2.45) is 18.7 Å². The van der Waals surface area contributed by atoms with Crippen molar-refractivity contribution in [3.05, 3.63) is 18.0 Å². The second-order valence-electron chi connectivity index (χ2n) is 5.97. The quantitative estimate of drug-likeness (QED) is 0.898. The SMILES string of the molecule is CCC(N)C(SC1CCCC(C)C1)c1cnn(C)c1. The van der Waals surface area contributed by atoms with Crippen molar-refractivity contribution in [1.82, 2.24) is 9.78 Å². The van der Waals surface area contributed by atoms with Crippen LogP contribution in [-0.4, -0.2) is 21.1 Å². The molecular weight excluding hydrogens is 254 g/mol. The molecule has 1 fully saturated rings. The number of hydrogen-bond donors (Lipinski definition) is 1. The van der Waals surface area contributed by atoms with Gasteiger partial charge in [-0.05, 0) is 25.2 Å². The van der Waals surface area contributed by atoms with Crippen LogP contribution in [0.15, 0.2) is 12.4 Å². The number of nitrogens with zero attached hydrogens (tertiary/aromatic N) is 2. The van der Waals surface area contributed by atoms with E-state index in [-0.39, 0.29) is 6.04 Å². The summed E-state index contributed by atoms with van der Waals surface area (Å²) in [4.78, 5) is 0. The van der Waals surface area contributed by atoms with E-state index in [1.54, 1.807) is 0 Å². The normalized spacial score (nSPS) is 27.2. The number of nitrogens with two attached hydrogens (primary N) is 1. The zero-order chi connectivity index (χ0) is 13.8. The Morgan fingerprint density at radius 1 is 1.53 bits per heavy atom. The summed E-state index contributed by atoms with van der Waals surface area (Å²) in [6, 6.07) is 0.228. The number of thioether (sulfide) groups is 1. The summed E-state index contributed by atoms with van der Waals surface area (Å²) in [7, 11) is 1.98. The molecule has 1 heterocycles. The van der Waals surface area contributed by atoms with Crippen molar-refractivity contribution in [3.8, 4) is 0 Å². The fraction of sp³-hybridized carbons (Fsp3) is 0.800. The van der Waals surface area contributed by atoms with Gasteiger partial charge in [0.05, 0.1) is 6.20 Å². The maximum atomic E-state index is 6.35. The summed E-state index contributed by atoms with van der Waals surface area (Å²) in [6.07, 6.45) is 10.6. The zero-order valence-electron chi connectivity index (χ0n) is 12.4. The molecule has 0 aromatic carbocycles. The van der Waals surface area contributed by atoms with E-state index in [2.05, 4.69) is 36.9 Å². The molecule has 0 radical (unpaired) electrons. The molecule has 4 atom stereocenters. The van der Waals surface area contributed by atoms with Crippen LogP contribution >= 0.6 is 11.8 Å². The standard InChI is InChI=1S/C15H27N3S/c1-4-14(16)15(12-9-17-18(3)10-12)19-13-7-5-6-11(2)8-13/h9-11,13-15H,4-8,16H2,1-3H3. The van der Waals surface area contributed by atoms with E-state index in [1.165, 1.54) is 31.2 Å². The van der Waals surface area contributed by atoms with Crippen LogP contribution in [0.25, 0.3) is 0 Å². The lowest BCUT2D eigenvalue weighted by atomic mass is 9.90. The molecule has 2 N–H and O–H groups in total. The fourth-order valence-corrected chi connectivity index (χ4v) is 4.77. The molecule has 4 unspecified atom stereocenters. The van der Waals surface area contributed by atoms with Gasteiger partial charge in [0.2, 0.25) is 0 Å². The van der Waals surface area contributed by atoms with E-state index >= 15 is 0 Å². The van der Waals surface area contributed by atoms with Gasteiger partial charge in [0.1, 0.15) is 0 Å². The first-order valence-corrected chi connectivity index (χ1v) is 8.44. The summed E-state index contributed by atoms with van der Waals surface area (Å²) in [5.74, 6) is 0.874. The number of hydrogen-bond acceptors (Lipinski definition) is 3. The van der Waals surface area contributed by atoms with E-state index in [1.807, 2.05) is 17.9 Å². The average Bonchev–Trinajstić information content (AvgIpc) is 2.81. The molecule has 1 aromatic heterocycles. The lowest BCUT2D eigenvalue weighted by Crippen LogP contribution is -2.28. The van der Waals surface area contributed by atoms with Gasteiger partial charge in [0.15, 0.2) is 0 Å².